The summed E-state index contributed by atoms with van der Waals surface area (Å²) < 4.78 is 17.3. The lowest BCUT2D eigenvalue weighted by atomic mass is 9.83. The number of nitrogens with two attached hydrogens (primary N) is 1. The van der Waals surface area contributed by atoms with Gasteiger partial charge in [0.1, 0.15) is 28.9 Å². The van der Waals surface area contributed by atoms with Gasteiger partial charge in [0.15, 0.2) is 0 Å². The zero-order valence-electron chi connectivity index (χ0n) is 18.6. The fraction of sp³-hybridized carbons (Fsp3) is 0.185. The molecule has 7 heteroatoms. The molecule has 0 aromatic heterocycles. The van der Waals surface area contributed by atoms with Crippen LogP contribution < -0.4 is 19.9 Å². The van der Waals surface area contributed by atoms with E-state index >= 15 is 0 Å². The number of allylic oxidation sites excluding steroid dienone is 1. The number of carbonyl (C=O) groups is 1. The molecule has 1 unspecified atom stereocenters. The van der Waals surface area contributed by atoms with E-state index in [9.17, 15) is 10.1 Å². The fourth-order valence-corrected chi connectivity index (χ4v) is 4.00. The van der Waals surface area contributed by atoms with E-state index in [4.69, 9.17) is 31.5 Å². The highest BCUT2D eigenvalue weighted by Gasteiger charge is 2.33. The first-order valence-electron chi connectivity index (χ1n) is 10.9. The summed E-state index contributed by atoms with van der Waals surface area (Å²) in [4.78, 5) is 12.6. The van der Waals surface area contributed by atoms with Crippen LogP contribution in [0.4, 0.5) is 0 Å². The molecule has 0 aliphatic carbocycles. The molecule has 0 saturated carbocycles. The van der Waals surface area contributed by atoms with E-state index < -0.39 is 11.9 Å². The van der Waals surface area contributed by atoms with E-state index in [1.165, 1.54) is 0 Å². The maximum Gasteiger partial charge on any atom is 0.345 e. The first-order valence-corrected chi connectivity index (χ1v) is 11.3. The molecule has 1 atom stereocenters. The van der Waals surface area contributed by atoms with Crippen LogP contribution in [0.2, 0.25) is 5.02 Å². The second-order valence-corrected chi connectivity index (χ2v) is 8.14. The maximum absolute atomic E-state index is 12.6. The topological polar surface area (TPSA) is 94.6 Å². The largest absolute Gasteiger partial charge is 0.493 e. The molecule has 0 spiro atoms. The van der Waals surface area contributed by atoms with Crippen LogP contribution in [0.15, 0.2) is 78.2 Å². The minimum absolute atomic E-state index is 0.00191. The van der Waals surface area contributed by atoms with Gasteiger partial charge in [-0.2, -0.15) is 5.26 Å². The van der Waals surface area contributed by atoms with Crippen molar-refractivity contribution in [3.8, 4) is 23.3 Å². The number of ether oxygens (including phenoxy) is 3. The number of hydrogen-bond donors (Lipinski definition) is 1. The standard InChI is InChI=1S/C27H23ClN2O4/c1-2-3-14-32-23-11-7-5-9-19(23)25-20-13-12-17(15-24(20)34-26(30)21(25)16-29)33-27(31)18-8-4-6-10-22(18)28/h4-13,15,25H,2-3,14,30H2,1H3. The minimum Gasteiger partial charge on any atom is -0.493 e. The molecule has 4 rings (SSSR count). The van der Waals surface area contributed by atoms with Crippen LogP contribution in [0.25, 0.3) is 0 Å². The summed E-state index contributed by atoms with van der Waals surface area (Å²) in [5, 5.41) is 10.2. The van der Waals surface area contributed by atoms with Gasteiger partial charge in [-0.1, -0.05) is 61.3 Å². The van der Waals surface area contributed by atoms with E-state index in [1.807, 2.05) is 24.3 Å². The molecular formula is C27H23ClN2O4. The van der Waals surface area contributed by atoms with Crippen molar-refractivity contribution >= 4 is 17.6 Å². The second kappa shape index (κ2) is 10.3. The van der Waals surface area contributed by atoms with E-state index in [2.05, 4.69) is 13.0 Å². The van der Waals surface area contributed by atoms with Gasteiger partial charge in [0.2, 0.25) is 5.88 Å². The highest BCUT2D eigenvalue weighted by molar-refractivity contribution is 6.33. The molecule has 1 aliphatic heterocycles. The van der Waals surface area contributed by atoms with Crippen molar-refractivity contribution in [1.82, 2.24) is 0 Å². The number of para-hydroxylation sites is 1. The van der Waals surface area contributed by atoms with Crippen LogP contribution in [-0.4, -0.2) is 12.6 Å². The molecule has 3 aromatic rings. The Morgan fingerprint density at radius 1 is 1.12 bits per heavy atom. The summed E-state index contributed by atoms with van der Waals surface area (Å²) in [6, 6.07) is 21.4. The number of fused-ring (bicyclic) bond motifs is 1. The summed E-state index contributed by atoms with van der Waals surface area (Å²) in [6.07, 6.45) is 1.93. The lowest BCUT2D eigenvalue weighted by Crippen LogP contribution is -2.21. The van der Waals surface area contributed by atoms with Gasteiger partial charge in [-0.3, -0.25) is 0 Å². The van der Waals surface area contributed by atoms with Crippen molar-refractivity contribution in [1.29, 1.82) is 5.26 Å². The number of halogens is 1. The molecule has 1 heterocycles. The third-order valence-corrected chi connectivity index (χ3v) is 5.81. The van der Waals surface area contributed by atoms with E-state index in [-0.39, 0.29) is 17.2 Å². The lowest BCUT2D eigenvalue weighted by Gasteiger charge is -2.28. The Balaban J connectivity index is 1.70. The first-order chi connectivity index (χ1) is 16.5. The number of hydrogen-bond acceptors (Lipinski definition) is 6. The predicted molar refractivity (Wildman–Crippen MR) is 129 cm³/mol. The molecule has 0 amide bonds. The minimum atomic E-state index is -0.589. The number of esters is 1. The monoisotopic (exact) mass is 474 g/mol. The number of nitriles is 1. The number of benzene rings is 3. The number of unbranched alkanes of at least 4 members (excludes halogenated alkanes) is 1. The Bertz CT molecular complexity index is 1300. The van der Waals surface area contributed by atoms with Crippen molar-refractivity contribution < 1.29 is 19.0 Å². The van der Waals surface area contributed by atoms with Gasteiger partial charge in [-0.05, 0) is 30.7 Å². The van der Waals surface area contributed by atoms with Crippen molar-refractivity contribution in [3.05, 3.63) is 99.9 Å². The Hall–Kier alpha value is -3.95. The summed E-state index contributed by atoms with van der Waals surface area (Å²) in [5.41, 5.74) is 8.21. The summed E-state index contributed by atoms with van der Waals surface area (Å²) >= 11 is 6.11. The zero-order valence-corrected chi connectivity index (χ0v) is 19.3. The molecule has 172 valence electrons. The van der Waals surface area contributed by atoms with Gasteiger partial charge in [0.05, 0.1) is 23.1 Å². The van der Waals surface area contributed by atoms with Crippen LogP contribution >= 0.6 is 11.6 Å². The quantitative estimate of drug-likeness (QED) is 0.258. The van der Waals surface area contributed by atoms with Crippen molar-refractivity contribution in [2.45, 2.75) is 25.7 Å². The van der Waals surface area contributed by atoms with Crippen molar-refractivity contribution in [2.24, 2.45) is 5.73 Å². The molecule has 34 heavy (non-hydrogen) atoms. The van der Waals surface area contributed by atoms with E-state index in [1.54, 1.807) is 42.5 Å². The molecule has 0 saturated heterocycles. The summed E-state index contributed by atoms with van der Waals surface area (Å²) in [6.45, 7) is 2.67. The van der Waals surface area contributed by atoms with Crippen LogP contribution in [0, 0.1) is 11.3 Å². The van der Waals surface area contributed by atoms with Crippen LogP contribution in [0.5, 0.6) is 17.2 Å². The molecule has 0 fully saturated rings. The predicted octanol–water partition coefficient (Wildman–Crippen LogP) is 5.96. The second-order valence-electron chi connectivity index (χ2n) is 7.73. The van der Waals surface area contributed by atoms with Crippen molar-refractivity contribution in [3.63, 3.8) is 0 Å². The lowest BCUT2D eigenvalue weighted by molar-refractivity contribution is 0.0734. The van der Waals surface area contributed by atoms with Crippen LogP contribution in [0.1, 0.15) is 47.2 Å². The van der Waals surface area contributed by atoms with Gasteiger partial charge in [0.25, 0.3) is 0 Å². The zero-order chi connectivity index (χ0) is 24.1. The molecule has 2 N–H and O–H groups in total. The van der Waals surface area contributed by atoms with E-state index in [0.717, 1.165) is 24.0 Å². The molecule has 0 bridgehead atoms. The first kappa shape index (κ1) is 23.2. The molecule has 0 radical (unpaired) electrons. The molecule has 3 aromatic carbocycles. The number of nitrogens with zero attached hydrogens (tertiary/aromatic N) is 1. The Kier molecular flexibility index (Phi) is 7.05. The van der Waals surface area contributed by atoms with Gasteiger partial charge < -0.3 is 19.9 Å². The van der Waals surface area contributed by atoms with Crippen LogP contribution in [-0.2, 0) is 0 Å². The average molecular weight is 475 g/mol. The molecular weight excluding hydrogens is 452 g/mol. The Morgan fingerprint density at radius 3 is 2.65 bits per heavy atom. The van der Waals surface area contributed by atoms with Crippen molar-refractivity contribution in [2.75, 3.05) is 6.61 Å². The maximum atomic E-state index is 12.6. The summed E-state index contributed by atoms with van der Waals surface area (Å²) in [5.74, 6) is 0.271. The van der Waals surface area contributed by atoms with Gasteiger partial charge in [0, 0.05) is 17.2 Å². The Labute approximate surface area is 203 Å². The normalized spacial score (nSPS) is 14.6. The summed E-state index contributed by atoms with van der Waals surface area (Å²) in [7, 11) is 0. The van der Waals surface area contributed by atoms with Gasteiger partial charge in [-0.15, -0.1) is 0 Å². The van der Waals surface area contributed by atoms with Crippen LogP contribution in [0.3, 0.4) is 0 Å². The smallest absolute Gasteiger partial charge is 0.345 e. The SMILES string of the molecule is CCCCOc1ccccc1C1C(C#N)=C(N)Oc2cc(OC(=O)c3ccccc3Cl)ccc21. The third kappa shape index (κ3) is 4.70. The van der Waals surface area contributed by atoms with Gasteiger partial charge in [-0.25, -0.2) is 4.79 Å². The number of carbonyl (C=O) groups excluding carboxylic acids is 1. The molecule has 6 nitrogen and oxygen atoms in total. The highest BCUT2D eigenvalue weighted by Crippen LogP contribution is 2.46. The highest BCUT2D eigenvalue weighted by atomic mass is 35.5. The number of rotatable bonds is 7. The van der Waals surface area contributed by atoms with E-state index in [0.29, 0.717) is 28.7 Å². The average Bonchev–Trinajstić information content (AvgIpc) is 2.84. The Morgan fingerprint density at radius 2 is 1.88 bits per heavy atom. The molecule has 1 aliphatic rings. The third-order valence-electron chi connectivity index (χ3n) is 5.48. The fourth-order valence-electron chi connectivity index (χ4n) is 3.78. The van der Waals surface area contributed by atoms with Gasteiger partial charge >= 0.3 is 5.97 Å².